The molecule has 1 fully saturated rings. The van der Waals surface area contributed by atoms with Gasteiger partial charge >= 0.3 is 11.9 Å². The molecule has 4 nitrogen and oxygen atoms in total. The predicted molar refractivity (Wildman–Crippen MR) is 70.1 cm³/mol. The van der Waals surface area contributed by atoms with Crippen LogP contribution in [0.1, 0.15) is 48.0 Å². The predicted octanol–water partition coefficient (Wildman–Crippen LogP) is 2.90. The number of carboxylic acids is 1. The second-order valence-corrected chi connectivity index (χ2v) is 5.13. The first-order chi connectivity index (χ1) is 9.51. The van der Waals surface area contributed by atoms with Crippen molar-refractivity contribution >= 4 is 11.9 Å². The van der Waals surface area contributed by atoms with E-state index >= 15 is 0 Å². The Bertz CT molecular complexity index is 533. The van der Waals surface area contributed by atoms with E-state index in [0.717, 1.165) is 25.3 Å². The van der Waals surface area contributed by atoms with Gasteiger partial charge in [0.05, 0.1) is 18.1 Å². The van der Waals surface area contributed by atoms with Gasteiger partial charge in [0.15, 0.2) is 0 Å². The first-order valence-electron chi connectivity index (χ1n) is 6.63. The Kier molecular flexibility index (Phi) is 4.06. The van der Waals surface area contributed by atoms with Crippen LogP contribution >= 0.6 is 0 Å². The lowest BCUT2D eigenvalue weighted by molar-refractivity contribution is -0.145. The number of hydrogen-bond donors (Lipinski definition) is 1. The van der Waals surface area contributed by atoms with Gasteiger partial charge in [-0.3, -0.25) is 4.79 Å². The van der Waals surface area contributed by atoms with Gasteiger partial charge in [0.25, 0.3) is 0 Å². The number of carboxylic acid groups (broad SMARTS) is 1. The van der Waals surface area contributed by atoms with Crippen LogP contribution in [-0.2, 0) is 14.9 Å². The lowest BCUT2D eigenvalue weighted by Crippen LogP contribution is -2.38. The number of rotatable bonds is 3. The minimum absolute atomic E-state index is 0.0881. The van der Waals surface area contributed by atoms with E-state index in [-0.39, 0.29) is 11.1 Å². The molecule has 1 saturated carbocycles. The highest BCUT2D eigenvalue weighted by Crippen LogP contribution is 2.41. The molecule has 108 valence electrons. The summed E-state index contributed by atoms with van der Waals surface area (Å²) >= 11 is 0. The first kappa shape index (κ1) is 14.5. The van der Waals surface area contributed by atoms with Crippen LogP contribution < -0.4 is 0 Å². The molecular formula is C15H17FO4. The summed E-state index contributed by atoms with van der Waals surface area (Å²) in [5.41, 5.74) is -0.917. The number of hydrogen-bond acceptors (Lipinski definition) is 3. The molecule has 1 aromatic rings. The van der Waals surface area contributed by atoms with E-state index in [1.807, 2.05) is 0 Å². The molecule has 0 radical (unpaired) electrons. The van der Waals surface area contributed by atoms with E-state index < -0.39 is 23.2 Å². The van der Waals surface area contributed by atoms with Crippen LogP contribution in [0.25, 0.3) is 0 Å². The number of carbonyl (C=O) groups is 2. The summed E-state index contributed by atoms with van der Waals surface area (Å²) < 4.78 is 18.8. The number of aliphatic carboxylic acids is 1. The van der Waals surface area contributed by atoms with Crippen molar-refractivity contribution in [2.75, 3.05) is 7.11 Å². The van der Waals surface area contributed by atoms with E-state index in [1.54, 1.807) is 0 Å². The van der Waals surface area contributed by atoms with Crippen LogP contribution in [0.15, 0.2) is 18.2 Å². The SMILES string of the molecule is COC(=O)c1ccc(C2(C(=O)O)CCCCC2)c(F)c1. The Labute approximate surface area is 116 Å². The average molecular weight is 280 g/mol. The Balaban J connectivity index is 2.45. The van der Waals surface area contributed by atoms with Crippen molar-refractivity contribution in [2.24, 2.45) is 0 Å². The summed E-state index contributed by atoms with van der Waals surface area (Å²) in [7, 11) is 1.22. The Morgan fingerprint density at radius 1 is 1.25 bits per heavy atom. The van der Waals surface area contributed by atoms with Gasteiger partial charge in [-0.15, -0.1) is 0 Å². The number of benzene rings is 1. The molecule has 0 aromatic heterocycles. The standard InChI is InChI=1S/C15H17FO4/c1-20-13(17)10-5-6-11(12(16)9-10)15(14(18)19)7-3-2-4-8-15/h5-6,9H,2-4,7-8H2,1H3,(H,18,19). The van der Waals surface area contributed by atoms with Crippen molar-refractivity contribution in [3.05, 3.63) is 35.1 Å². The quantitative estimate of drug-likeness (QED) is 0.865. The van der Waals surface area contributed by atoms with Crippen LogP contribution in [0.2, 0.25) is 0 Å². The van der Waals surface area contributed by atoms with Gasteiger partial charge in [-0.25, -0.2) is 9.18 Å². The fourth-order valence-corrected chi connectivity index (χ4v) is 2.90. The summed E-state index contributed by atoms with van der Waals surface area (Å²) in [4.78, 5) is 23.0. The van der Waals surface area contributed by atoms with E-state index in [4.69, 9.17) is 0 Å². The fraction of sp³-hybridized carbons (Fsp3) is 0.467. The largest absolute Gasteiger partial charge is 0.481 e. The number of carbonyl (C=O) groups excluding carboxylic acids is 1. The van der Waals surface area contributed by atoms with Crippen molar-refractivity contribution in [2.45, 2.75) is 37.5 Å². The molecule has 0 amide bonds. The molecule has 2 rings (SSSR count). The molecule has 0 atom stereocenters. The van der Waals surface area contributed by atoms with Gasteiger partial charge in [-0.2, -0.15) is 0 Å². The van der Waals surface area contributed by atoms with Gasteiger partial charge in [-0.05, 0) is 25.0 Å². The fourth-order valence-electron chi connectivity index (χ4n) is 2.90. The zero-order valence-electron chi connectivity index (χ0n) is 11.3. The third-order valence-electron chi connectivity index (χ3n) is 4.02. The zero-order chi connectivity index (χ0) is 14.8. The molecular weight excluding hydrogens is 263 g/mol. The van der Waals surface area contributed by atoms with Gasteiger partial charge in [0.1, 0.15) is 5.82 Å². The molecule has 0 saturated heterocycles. The lowest BCUT2D eigenvalue weighted by atomic mass is 9.69. The van der Waals surface area contributed by atoms with Crippen molar-refractivity contribution < 1.29 is 23.8 Å². The maximum Gasteiger partial charge on any atom is 0.337 e. The molecule has 0 aliphatic heterocycles. The number of ether oxygens (including phenoxy) is 1. The maximum atomic E-state index is 14.3. The van der Waals surface area contributed by atoms with E-state index in [9.17, 15) is 19.1 Å². The Morgan fingerprint density at radius 3 is 2.40 bits per heavy atom. The van der Waals surface area contributed by atoms with Gasteiger partial charge in [0, 0.05) is 5.56 Å². The molecule has 0 bridgehead atoms. The van der Waals surface area contributed by atoms with E-state index in [2.05, 4.69) is 4.74 Å². The highest BCUT2D eigenvalue weighted by molar-refractivity contribution is 5.90. The summed E-state index contributed by atoms with van der Waals surface area (Å²) in [5, 5.41) is 9.53. The number of methoxy groups -OCH3 is 1. The van der Waals surface area contributed by atoms with Crippen LogP contribution in [-0.4, -0.2) is 24.2 Å². The van der Waals surface area contributed by atoms with Gasteiger partial charge < -0.3 is 9.84 Å². The second-order valence-electron chi connectivity index (χ2n) is 5.13. The molecule has 0 heterocycles. The summed E-state index contributed by atoms with van der Waals surface area (Å²) in [6, 6.07) is 3.88. The highest BCUT2D eigenvalue weighted by Gasteiger charge is 2.43. The van der Waals surface area contributed by atoms with Gasteiger partial charge in [-0.1, -0.05) is 25.3 Å². The maximum absolute atomic E-state index is 14.3. The summed E-state index contributed by atoms with van der Waals surface area (Å²) in [6.45, 7) is 0. The summed E-state index contributed by atoms with van der Waals surface area (Å²) in [5.74, 6) is -2.29. The molecule has 1 aromatic carbocycles. The van der Waals surface area contributed by atoms with Crippen molar-refractivity contribution in [1.29, 1.82) is 0 Å². The monoisotopic (exact) mass is 280 g/mol. The van der Waals surface area contributed by atoms with E-state index in [0.29, 0.717) is 12.8 Å². The average Bonchev–Trinajstić information content (AvgIpc) is 2.46. The lowest BCUT2D eigenvalue weighted by Gasteiger charge is -2.33. The number of halogens is 1. The molecule has 1 aliphatic carbocycles. The normalized spacial score (nSPS) is 17.5. The molecule has 5 heteroatoms. The molecule has 0 unspecified atom stereocenters. The van der Waals surface area contributed by atoms with Crippen molar-refractivity contribution in [3.63, 3.8) is 0 Å². The van der Waals surface area contributed by atoms with Gasteiger partial charge in [0.2, 0.25) is 0 Å². The van der Waals surface area contributed by atoms with Crippen molar-refractivity contribution in [1.82, 2.24) is 0 Å². The van der Waals surface area contributed by atoms with Crippen LogP contribution in [0.3, 0.4) is 0 Å². The van der Waals surface area contributed by atoms with Crippen LogP contribution in [0, 0.1) is 5.82 Å². The van der Waals surface area contributed by atoms with Crippen LogP contribution in [0.5, 0.6) is 0 Å². The molecule has 0 spiro atoms. The molecule has 20 heavy (non-hydrogen) atoms. The zero-order valence-corrected chi connectivity index (χ0v) is 11.3. The second kappa shape index (κ2) is 5.61. The molecule has 1 N–H and O–H groups in total. The molecule has 1 aliphatic rings. The smallest absolute Gasteiger partial charge is 0.337 e. The minimum atomic E-state index is -1.17. The first-order valence-corrected chi connectivity index (χ1v) is 6.63. The Hall–Kier alpha value is -1.91. The van der Waals surface area contributed by atoms with Crippen LogP contribution in [0.4, 0.5) is 4.39 Å². The van der Waals surface area contributed by atoms with Crippen molar-refractivity contribution in [3.8, 4) is 0 Å². The third kappa shape index (κ3) is 2.40. The highest BCUT2D eigenvalue weighted by atomic mass is 19.1. The Morgan fingerprint density at radius 2 is 1.90 bits per heavy atom. The summed E-state index contributed by atoms with van der Waals surface area (Å²) in [6.07, 6.45) is 3.36. The third-order valence-corrected chi connectivity index (χ3v) is 4.02. The van der Waals surface area contributed by atoms with E-state index in [1.165, 1.54) is 19.2 Å². The minimum Gasteiger partial charge on any atom is -0.481 e. The number of esters is 1. The topological polar surface area (TPSA) is 63.6 Å².